The number of carbonyl (C=O) groups is 1. The molecular weight excluding hydrogens is 356 g/mol. The first-order valence-corrected chi connectivity index (χ1v) is 8.75. The number of rotatable bonds is 5. The van der Waals surface area contributed by atoms with Crippen LogP contribution in [0.1, 0.15) is 21.6 Å². The van der Waals surface area contributed by atoms with Crippen LogP contribution in [-0.4, -0.2) is 17.9 Å². The number of urea groups is 1. The fourth-order valence-corrected chi connectivity index (χ4v) is 3.49. The number of aliphatic hydroxyl groups is 1. The highest BCUT2D eigenvalue weighted by atomic mass is 32.1. The van der Waals surface area contributed by atoms with E-state index in [0.29, 0.717) is 29.5 Å². The molecule has 3 aromatic rings. The molecule has 0 saturated heterocycles. The average Bonchev–Trinajstić information content (AvgIpc) is 3.40. The summed E-state index contributed by atoms with van der Waals surface area (Å²) in [5.74, 6) is 1.77. The van der Waals surface area contributed by atoms with Gasteiger partial charge < -0.3 is 29.6 Å². The number of hydrogen-bond donors (Lipinski definition) is 3. The van der Waals surface area contributed by atoms with Crippen LogP contribution in [-0.2, 0) is 6.54 Å². The maximum absolute atomic E-state index is 12.1. The zero-order valence-electron chi connectivity index (χ0n) is 13.6. The molecule has 2 aromatic heterocycles. The first kappa shape index (κ1) is 16.5. The van der Waals surface area contributed by atoms with E-state index in [9.17, 15) is 9.90 Å². The van der Waals surface area contributed by atoms with E-state index in [1.165, 1.54) is 17.6 Å². The van der Waals surface area contributed by atoms with Crippen molar-refractivity contribution >= 4 is 23.1 Å². The Morgan fingerprint density at radius 3 is 2.92 bits per heavy atom. The maximum Gasteiger partial charge on any atom is 0.319 e. The molecule has 3 N–H and O–H groups in total. The number of benzene rings is 1. The summed E-state index contributed by atoms with van der Waals surface area (Å²) in [5, 5.41) is 15.8. The van der Waals surface area contributed by atoms with Gasteiger partial charge in [0.2, 0.25) is 6.79 Å². The van der Waals surface area contributed by atoms with Crippen molar-refractivity contribution in [3.63, 3.8) is 0 Å². The number of fused-ring (bicyclic) bond motifs is 1. The molecule has 1 aliphatic heterocycles. The summed E-state index contributed by atoms with van der Waals surface area (Å²) in [6.45, 7) is 0.543. The molecule has 0 bridgehead atoms. The number of anilines is 1. The number of nitrogens with one attached hydrogen (secondary N) is 2. The maximum atomic E-state index is 12.1. The van der Waals surface area contributed by atoms with Crippen LogP contribution in [0.3, 0.4) is 0 Å². The zero-order chi connectivity index (χ0) is 17.9. The van der Waals surface area contributed by atoms with E-state index in [-0.39, 0.29) is 12.8 Å². The van der Waals surface area contributed by atoms with Gasteiger partial charge in [-0.2, -0.15) is 0 Å². The minimum atomic E-state index is -0.800. The van der Waals surface area contributed by atoms with Gasteiger partial charge >= 0.3 is 6.03 Å². The van der Waals surface area contributed by atoms with E-state index in [2.05, 4.69) is 10.6 Å². The molecule has 26 heavy (non-hydrogen) atoms. The van der Waals surface area contributed by atoms with Crippen molar-refractivity contribution in [2.75, 3.05) is 12.1 Å². The van der Waals surface area contributed by atoms with E-state index < -0.39 is 6.10 Å². The normalized spacial score (nSPS) is 13.4. The summed E-state index contributed by atoms with van der Waals surface area (Å²) < 4.78 is 15.7. The third kappa shape index (κ3) is 3.51. The molecule has 134 valence electrons. The molecule has 1 aromatic carbocycles. The lowest BCUT2D eigenvalue weighted by molar-refractivity contribution is 0.174. The van der Waals surface area contributed by atoms with Gasteiger partial charge in [0.05, 0.1) is 12.8 Å². The third-order valence-electron chi connectivity index (χ3n) is 3.82. The molecule has 4 rings (SSSR count). The molecule has 1 aliphatic rings. The van der Waals surface area contributed by atoms with Crippen LogP contribution in [0, 0.1) is 0 Å². The predicted molar refractivity (Wildman–Crippen MR) is 95.5 cm³/mol. The van der Waals surface area contributed by atoms with Crippen molar-refractivity contribution in [3.8, 4) is 11.5 Å². The monoisotopic (exact) mass is 372 g/mol. The minimum Gasteiger partial charge on any atom is -0.466 e. The molecule has 0 radical (unpaired) electrons. The molecule has 0 aliphatic carbocycles. The summed E-state index contributed by atoms with van der Waals surface area (Å²) in [4.78, 5) is 13.7. The summed E-state index contributed by atoms with van der Waals surface area (Å²) >= 11 is 1.41. The van der Waals surface area contributed by atoms with Crippen molar-refractivity contribution < 1.29 is 23.8 Å². The topological polar surface area (TPSA) is 93.0 Å². The summed E-state index contributed by atoms with van der Waals surface area (Å²) in [7, 11) is 0. The molecule has 3 heterocycles. The molecule has 0 spiro atoms. The number of furan rings is 1. The van der Waals surface area contributed by atoms with Crippen LogP contribution in [0.25, 0.3) is 0 Å². The Balaban J connectivity index is 1.32. The van der Waals surface area contributed by atoms with Gasteiger partial charge in [-0.05, 0) is 36.4 Å². The summed E-state index contributed by atoms with van der Waals surface area (Å²) in [6.07, 6.45) is 0.723. The zero-order valence-corrected chi connectivity index (χ0v) is 14.4. The largest absolute Gasteiger partial charge is 0.466 e. The van der Waals surface area contributed by atoms with E-state index in [4.69, 9.17) is 13.9 Å². The van der Waals surface area contributed by atoms with E-state index in [1.807, 2.05) is 12.1 Å². The highest BCUT2D eigenvalue weighted by Gasteiger charge is 2.16. The lowest BCUT2D eigenvalue weighted by atomic mass is 10.2. The van der Waals surface area contributed by atoms with Crippen LogP contribution >= 0.6 is 11.3 Å². The van der Waals surface area contributed by atoms with Crippen LogP contribution in [0.5, 0.6) is 11.5 Å². The van der Waals surface area contributed by atoms with Gasteiger partial charge in [0.25, 0.3) is 0 Å². The van der Waals surface area contributed by atoms with Gasteiger partial charge in [-0.3, -0.25) is 0 Å². The van der Waals surface area contributed by atoms with Crippen LogP contribution in [0.4, 0.5) is 10.5 Å². The number of thiophene rings is 1. The highest BCUT2D eigenvalue weighted by Crippen LogP contribution is 2.34. The van der Waals surface area contributed by atoms with Crippen LogP contribution in [0.2, 0.25) is 0 Å². The number of ether oxygens (including phenoxy) is 2. The molecule has 7 nitrogen and oxygen atoms in total. The van der Waals surface area contributed by atoms with Gasteiger partial charge in [-0.15, -0.1) is 11.3 Å². The fourth-order valence-electron chi connectivity index (χ4n) is 2.54. The van der Waals surface area contributed by atoms with Gasteiger partial charge in [-0.1, -0.05) is 0 Å². The molecule has 1 atom stereocenters. The Labute approximate surface area is 153 Å². The molecular formula is C18H16N2O5S. The van der Waals surface area contributed by atoms with Crippen molar-refractivity contribution in [1.29, 1.82) is 0 Å². The Morgan fingerprint density at radius 1 is 1.19 bits per heavy atom. The fraction of sp³-hybridized carbons (Fsp3) is 0.167. The molecule has 0 saturated carbocycles. The highest BCUT2D eigenvalue weighted by molar-refractivity contribution is 7.12. The van der Waals surface area contributed by atoms with Gasteiger partial charge in [-0.25, -0.2) is 4.79 Å². The molecule has 0 unspecified atom stereocenters. The standard InChI is InChI=1S/C18H16N2O5S/c21-17(14-2-1-7-23-14)16-6-4-12(26-16)9-19-18(22)20-11-3-5-13-15(8-11)25-10-24-13/h1-8,17,21H,9-10H2,(H2,19,20,22)/t17-/m1/s1. The van der Waals surface area contributed by atoms with Crippen molar-refractivity contribution in [1.82, 2.24) is 5.32 Å². The second-order valence-corrected chi connectivity index (χ2v) is 6.80. The van der Waals surface area contributed by atoms with Crippen LogP contribution in [0.15, 0.2) is 53.1 Å². The molecule has 2 amide bonds. The first-order valence-electron chi connectivity index (χ1n) is 7.93. The second-order valence-electron chi connectivity index (χ2n) is 5.60. The number of aliphatic hydroxyl groups excluding tert-OH is 1. The number of carbonyl (C=O) groups excluding carboxylic acids is 1. The van der Waals surface area contributed by atoms with E-state index in [1.54, 1.807) is 30.3 Å². The summed E-state index contributed by atoms with van der Waals surface area (Å²) in [5.41, 5.74) is 0.617. The van der Waals surface area contributed by atoms with Gasteiger partial charge in [0.1, 0.15) is 11.9 Å². The SMILES string of the molecule is O=C(NCc1ccc([C@H](O)c2ccco2)s1)Nc1ccc2c(c1)OCO2. The lowest BCUT2D eigenvalue weighted by Crippen LogP contribution is -2.27. The Kier molecular flexibility index (Phi) is 4.51. The molecule has 0 fully saturated rings. The summed E-state index contributed by atoms with van der Waals surface area (Å²) in [6, 6.07) is 12.0. The Bertz CT molecular complexity index is 906. The predicted octanol–water partition coefficient (Wildman–Crippen LogP) is 3.47. The quantitative estimate of drug-likeness (QED) is 0.638. The van der Waals surface area contributed by atoms with Crippen molar-refractivity contribution in [2.45, 2.75) is 12.6 Å². The third-order valence-corrected chi connectivity index (χ3v) is 4.96. The average molecular weight is 372 g/mol. The van der Waals surface area contributed by atoms with E-state index in [0.717, 1.165) is 9.75 Å². The first-order chi connectivity index (χ1) is 12.7. The Morgan fingerprint density at radius 2 is 2.08 bits per heavy atom. The Hall–Kier alpha value is -2.97. The van der Waals surface area contributed by atoms with E-state index >= 15 is 0 Å². The minimum absolute atomic E-state index is 0.190. The van der Waals surface area contributed by atoms with Crippen LogP contribution < -0.4 is 20.1 Å². The smallest absolute Gasteiger partial charge is 0.319 e. The number of hydrogen-bond acceptors (Lipinski definition) is 6. The lowest BCUT2D eigenvalue weighted by Gasteiger charge is -2.07. The van der Waals surface area contributed by atoms with Crippen molar-refractivity contribution in [3.05, 3.63) is 64.2 Å². The second kappa shape index (κ2) is 7.11. The number of amides is 2. The van der Waals surface area contributed by atoms with Gasteiger partial charge in [0, 0.05) is 21.5 Å². The van der Waals surface area contributed by atoms with Gasteiger partial charge in [0.15, 0.2) is 11.5 Å². The van der Waals surface area contributed by atoms with Crippen molar-refractivity contribution in [2.24, 2.45) is 0 Å². The molecule has 8 heteroatoms.